The van der Waals surface area contributed by atoms with Crippen molar-refractivity contribution in [3.05, 3.63) is 23.3 Å². The summed E-state index contributed by atoms with van der Waals surface area (Å²) in [6, 6.07) is 3.64. The zero-order chi connectivity index (χ0) is 12.8. The molecule has 0 heterocycles. The quantitative estimate of drug-likeness (QED) is 0.768. The summed E-state index contributed by atoms with van der Waals surface area (Å²) in [5, 5.41) is 0. The first kappa shape index (κ1) is 13.5. The minimum Gasteiger partial charge on any atom is -0.493 e. The summed E-state index contributed by atoms with van der Waals surface area (Å²) in [6.07, 6.45) is 1.62. The molecule has 0 aliphatic heterocycles. The molecule has 0 aliphatic carbocycles. The number of rotatable bonds is 6. The molecule has 1 atom stereocenters. The van der Waals surface area contributed by atoms with Crippen molar-refractivity contribution in [1.82, 2.24) is 0 Å². The van der Waals surface area contributed by atoms with E-state index in [1.165, 1.54) is 7.11 Å². The highest BCUT2D eigenvalue weighted by Crippen LogP contribution is 2.38. The predicted octanol–water partition coefficient (Wildman–Crippen LogP) is 1.97. The van der Waals surface area contributed by atoms with E-state index >= 15 is 0 Å². The minimum absolute atomic E-state index is 0.268. The lowest BCUT2D eigenvalue weighted by atomic mass is 9.95. The SMILES string of the molecule is COc1c(C=O)ccc(C(C)CCN)c1OC. The van der Waals surface area contributed by atoms with Gasteiger partial charge in [0.05, 0.1) is 19.8 Å². The smallest absolute Gasteiger partial charge is 0.171 e. The van der Waals surface area contributed by atoms with Gasteiger partial charge in [-0.05, 0) is 24.9 Å². The molecular formula is C13H19NO3. The Bertz CT molecular complexity index is 390. The number of aldehydes is 1. The third-order valence-electron chi connectivity index (χ3n) is 2.84. The van der Waals surface area contributed by atoms with Crippen LogP contribution in [0.1, 0.15) is 35.2 Å². The Balaban J connectivity index is 3.27. The summed E-state index contributed by atoms with van der Waals surface area (Å²) in [5.74, 6) is 1.38. The van der Waals surface area contributed by atoms with E-state index < -0.39 is 0 Å². The largest absolute Gasteiger partial charge is 0.493 e. The Morgan fingerprint density at radius 3 is 2.41 bits per heavy atom. The van der Waals surface area contributed by atoms with E-state index in [1.807, 2.05) is 6.07 Å². The first-order valence-electron chi connectivity index (χ1n) is 5.59. The number of ether oxygens (including phenoxy) is 2. The Labute approximate surface area is 102 Å². The molecule has 1 rings (SSSR count). The average molecular weight is 237 g/mol. The second kappa shape index (κ2) is 6.25. The lowest BCUT2D eigenvalue weighted by Crippen LogP contribution is -2.07. The maximum Gasteiger partial charge on any atom is 0.171 e. The summed E-state index contributed by atoms with van der Waals surface area (Å²) < 4.78 is 10.6. The van der Waals surface area contributed by atoms with Crippen molar-refractivity contribution in [2.75, 3.05) is 20.8 Å². The molecule has 2 N–H and O–H groups in total. The highest BCUT2D eigenvalue weighted by Gasteiger charge is 2.18. The third kappa shape index (κ3) is 2.77. The normalized spacial score (nSPS) is 12.0. The van der Waals surface area contributed by atoms with Gasteiger partial charge in [-0.1, -0.05) is 13.0 Å². The van der Waals surface area contributed by atoms with E-state index in [9.17, 15) is 4.79 Å². The summed E-state index contributed by atoms with van der Waals surface area (Å²) in [6.45, 7) is 2.69. The number of nitrogens with two attached hydrogens (primary N) is 1. The van der Waals surface area contributed by atoms with Gasteiger partial charge in [0, 0.05) is 5.56 Å². The molecule has 17 heavy (non-hydrogen) atoms. The number of carbonyl (C=O) groups is 1. The van der Waals surface area contributed by atoms with Gasteiger partial charge in [-0.2, -0.15) is 0 Å². The molecule has 0 aliphatic rings. The van der Waals surface area contributed by atoms with E-state index in [1.54, 1.807) is 13.2 Å². The fraction of sp³-hybridized carbons (Fsp3) is 0.462. The summed E-state index contributed by atoms with van der Waals surface area (Å²) in [4.78, 5) is 10.9. The Kier molecular flexibility index (Phi) is 4.97. The van der Waals surface area contributed by atoms with Crippen LogP contribution < -0.4 is 15.2 Å². The predicted molar refractivity (Wildman–Crippen MR) is 67.0 cm³/mol. The van der Waals surface area contributed by atoms with Gasteiger partial charge < -0.3 is 15.2 Å². The van der Waals surface area contributed by atoms with Crippen LogP contribution in [0.2, 0.25) is 0 Å². The third-order valence-corrected chi connectivity index (χ3v) is 2.84. The zero-order valence-corrected chi connectivity index (χ0v) is 10.5. The van der Waals surface area contributed by atoms with Crippen LogP contribution in [0.5, 0.6) is 11.5 Å². The van der Waals surface area contributed by atoms with E-state index in [0.29, 0.717) is 23.6 Å². The first-order valence-corrected chi connectivity index (χ1v) is 5.59. The maximum atomic E-state index is 10.9. The second-order valence-electron chi connectivity index (χ2n) is 3.91. The number of methoxy groups -OCH3 is 2. The van der Waals surface area contributed by atoms with Crippen molar-refractivity contribution in [2.24, 2.45) is 5.73 Å². The van der Waals surface area contributed by atoms with Crippen molar-refractivity contribution >= 4 is 6.29 Å². The lowest BCUT2D eigenvalue weighted by Gasteiger charge is -2.18. The number of benzene rings is 1. The molecule has 0 spiro atoms. The molecule has 1 aromatic rings. The molecule has 1 aromatic carbocycles. The van der Waals surface area contributed by atoms with Crippen LogP contribution in [0.15, 0.2) is 12.1 Å². The van der Waals surface area contributed by atoms with Crippen LogP contribution in [0.25, 0.3) is 0 Å². The van der Waals surface area contributed by atoms with Crippen molar-refractivity contribution in [3.8, 4) is 11.5 Å². The van der Waals surface area contributed by atoms with Crippen LogP contribution in [0, 0.1) is 0 Å². The Morgan fingerprint density at radius 2 is 1.94 bits per heavy atom. The molecule has 1 unspecified atom stereocenters. The summed E-state index contributed by atoms with van der Waals surface area (Å²) >= 11 is 0. The van der Waals surface area contributed by atoms with E-state index in [2.05, 4.69) is 6.92 Å². The highest BCUT2D eigenvalue weighted by molar-refractivity contribution is 5.82. The number of hydrogen-bond donors (Lipinski definition) is 1. The Hall–Kier alpha value is -1.55. The van der Waals surface area contributed by atoms with Crippen molar-refractivity contribution in [2.45, 2.75) is 19.3 Å². The molecule has 0 saturated carbocycles. The lowest BCUT2D eigenvalue weighted by molar-refractivity contribution is 0.112. The van der Waals surface area contributed by atoms with Gasteiger partial charge >= 0.3 is 0 Å². The monoisotopic (exact) mass is 237 g/mol. The molecule has 4 nitrogen and oxygen atoms in total. The van der Waals surface area contributed by atoms with Crippen molar-refractivity contribution in [3.63, 3.8) is 0 Å². The van der Waals surface area contributed by atoms with Gasteiger partial charge in [-0.3, -0.25) is 4.79 Å². The fourth-order valence-corrected chi connectivity index (χ4v) is 1.90. The number of hydrogen-bond acceptors (Lipinski definition) is 4. The van der Waals surface area contributed by atoms with E-state index in [-0.39, 0.29) is 5.92 Å². The molecule has 0 bridgehead atoms. The zero-order valence-electron chi connectivity index (χ0n) is 10.5. The highest BCUT2D eigenvalue weighted by atomic mass is 16.5. The van der Waals surface area contributed by atoms with Crippen LogP contribution >= 0.6 is 0 Å². The van der Waals surface area contributed by atoms with Gasteiger partial charge in [0.1, 0.15) is 0 Å². The molecule has 4 heteroatoms. The molecule has 94 valence electrons. The van der Waals surface area contributed by atoms with Gasteiger partial charge in [0.15, 0.2) is 17.8 Å². The molecule has 0 aromatic heterocycles. The molecular weight excluding hydrogens is 218 g/mol. The summed E-state index contributed by atoms with van der Waals surface area (Å²) in [5.41, 5.74) is 7.06. The van der Waals surface area contributed by atoms with Gasteiger partial charge in [0.2, 0.25) is 0 Å². The first-order chi connectivity index (χ1) is 8.19. The molecule has 0 amide bonds. The number of carbonyl (C=O) groups excluding carboxylic acids is 1. The molecule has 0 saturated heterocycles. The fourth-order valence-electron chi connectivity index (χ4n) is 1.90. The topological polar surface area (TPSA) is 61.5 Å². The molecule has 0 radical (unpaired) electrons. The van der Waals surface area contributed by atoms with Crippen LogP contribution in [0.3, 0.4) is 0 Å². The van der Waals surface area contributed by atoms with Crippen molar-refractivity contribution < 1.29 is 14.3 Å². The van der Waals surface area contributed by atoms with Crippen LogP contribution in [-0.4, -0.2) is 27.1 Å². The van der Waals surface area contributed by atoms with Gasteiger partial charge in [-0.25, -0.2) is 0 Å². The Morgan fingerprint density at radius 1 is 1.29 bits per heavy atom. The second-order valence-corrected chi connectivity index (χ2v) is 3.91. The van der Waals surface area contributed by atoms with Gasteiger partial charge in [-0.15, -0.1) is 0 Å². The summed E-state index contributed by atoms with van der Waals surface area (Å²) in [7, 11) is 3.10. The van der Waals surface area contributed by atoms with E-state index in [4.69, 9.17) is 15.2 Å². The molecule has 0 fully saturated rings. The van der Waals surface area contributed by atoms with Crippen molar-refractivity contribution in [1.29, 1.82) is 0 Å². The average Bonchev–Trinajstić information content (AvgIpc) is 2.36. The minimum atomic E-state index is 0.268. The van der Waals surface area contributed by atoms with Crippen LogP contribution in [0.4, 0.5) is 0 Å². The van der Waals surface area contributed by atoms with E-state index in [0.717, 1.165) is 18.3 Å². The maximum absolute atomic E-state index is 10.9. The van der Waals surface area contributed by atoms with Gasteiger partial charge in [0.25, 0.3) is 0 Å². The van der Waals surface area contributed by atoms with Crippen LogP contribution in [-0.2, 0) is 0 Å². The standard InChI is InChI=1S/C13H19NO3/c1-9(6-7-14)11-5-4-10(8-15)12(16-2)13(11)17-3/h4-5,8-9H,6-7,14H2,1-3H3.